The van der Waals surface area contributed by atoms with Gasteiger partial charge in [-0.05, 0) is 49.7 Å². The van der Waals surface area contributed by atoms with Crippen LogP contribution in [0.3, 0.4) is 0 Å². The molecule has 0 fully saturated rings. The number of hydrogen-bond donors (Lipinski definition) is 1. The van der Waals surface area contributed by atoms with Gasteiger partial charge < -0.3 is 5.32 Å². The number of halogens is 1. The molecule has 0 bridgehead atoms. The minimum Gasteiger partial charge on any atom is -0.325 e. The summed E-state index contributed by atoms with van der Waals surface area (Å²) < 4.78 is 13.0. The van der Waals surface area contributed by atoms with Crippen molar-refractivity contribution in [2.75, 3.05) is 5.32 Å². The van der Waals surface area contributed by atoms with Gasteiger partial charge in [-0.15, -0.1) is 11.8 Å². The van der Waals surface area contributed by atoms with E-state index in [1.807, 2.05) is 37.3 Å². The minimum absolute atomic E-state index is 0.0893. The van der Waals surface area contributed by atoms with Gasteiger partial charge in [-0.1, -0.05) is 18.2 Å². The molecule has 0 heterocycles. The van der Waals surface area contributed by atoms with Crippen LogP contribution in [0.5, 0.6) is 0 Å². The molecule has 20 heavy (non-hydrogen) atoms. The molecule has 1 amide bonds. The van der Waals surface area contributed by atoms with E-state index in [2.05, 4.69) is 5.32 Å². The highest BCUT2D eigenvalue weighted by Crippen LogP contribution is 2.24. The number of hydrogen-bond acceptors (Lipinski definition) is 2. The Bertz CT molecular complexity index is 601. The summed E-state index contributed by atoms with van der Waals surface area (Å²) in [7, 11) is 0. The Labute approximate surface area is 122 Å². The predicted octanol–water partition coefficient (Wildman–Crippen LogP) is 4.25. The number of aryl methyl sites for hydroxylation is 1. The molecule has 2 nitrogen and oxygen atoms in total. The number of amides is 1. The van der Waals surface area contributed by atoms with Crippen LogP contribution in [0.15, 0.2) is 53.4 Å². The number of rotatable bonds is 4. The van der Waals surface area contributed by atoms with Crippen LogP contribution in [-0.4, -0.2) is 11.2 Å². The van der Waals surface area contributed by atoms with E-state index in [9.17, 15) is 9.18 Å². The van der Waals surface area contributed by atoms with E-state index in [1.165, 1.54) is 23.9 Å². The summed E-state index contributed by atoms with van der Waals surface area (Å²) in [6.45, 7) is 3.62. The minimum atomic E-state index is -0.299. The van der Waals surface area contributed by atoms with Crippen molar-refractivity contribution in [3.05, 3.63) is 59.9 Å². The zero-order chi connectivity index (χ0) is 14.5. The zero-order valence-electron chi connectivity index (χ0n) is 11.4. The van der Waals surface area contributed by atoms with E-state index in [-0.39, 0.29) is 17.0 Å². The molecule has 1 atom stereocenters. The highest BCUT2D eigenvalue weighted by Gasteiger charge is 2.15. The molecule has 2 aromatic rings. The van der Waals surface area contributed by atoms with Gasteiger partial charge in [0.1, 0.15) is 5.82 Å². The van der Waals surface area contributed by atoms with Crippen LogP contribution in [0.4, 0.5) is 10.1 Å². The Hall–Kier alpha value is -1.81. The number of anilines is 1. The van der Waals surface area contributed by atoms with Crippen molar-refractivity contribution < 1.29 is 9.18 Å². The van der Waals surface area contributed by atoms with Gasteiger partial charge in [0.2, 0.25) is 5.91 Å². The first kappa shape index (κ1) is 14.6. The summed E-state index contributed by atoms with van der Waals surface area (Å²) in [5, 5.41) is 2.61. The molecule has 104 valence electrons. The summed E-state index contributed by atoms with van der Waals surface area (Å²) in [5.41, 5.74) is 1.37. The summed E-state index contributed by atoms with van der Waals surface area (Å²) in [6, 6.07) is 14.1. The second kappa shape index (κ2) is 6.57. The van der Waals surface area contributed by atoms with Crippen LogP contribution in [0, 0.1) is 12.7 Å². The molecular weight excluding hydrogens is 273 g/mol. The van der Waals surface area contributed by atoms with Crippen molar-refractivity contribution in [1.29, 1.82) is 0 Å². The third-order valence-corrected chi connectivity index (χ3v) is 3.98. The lowest BCUT2D eigenvalue weighted by molar-refractivity contribution is -0.115. The number of carbonyl (C=O) groups excluding carboxylic acids is 1. The fraction of sp³-hybridized carbons (Fsp3) is 0.188. The number of nitrogens with one attached hydrogen (secondary N) is 1. The molecule has 1 N–H and O–H groups in total. The molecule has 0 aliphatic heterocycles. The first-order valence-electron chi connectivity index (χ1n) is 6.35. The molecule has 4 heteroatoms. The lowest BCUT2D eigenvalue weighted by Crippen LogP contribution is -2.22. The maximum Gasteiger partial charge on any atom is 0.237 e. The number of thioether (sulfide) groups is 1. The van der Waals surface area contributed by atoms with E-state index in [1.54, 1.807) is 13.0 Å². The van der Waals surface area contributed by atoms with Gasteiger partial charge in [0.15, 0.2) is 0 Å². The Morgan fingerprint density at radius 2 is 1.90 bits per heavy atom. The summed E-state index contributed by atoms with van der Waals surface area (Å²) in [5.74, 6) is -0.388. The van der Waals surface area contributed by atoms with Gasteiger partial charge in [-0.25, -0.2) is 4.39 Å². The highest BCUT2D eigenvalue weighted by molar-refractivity contribution is 8.00. The van der Waals surface area contributed by atoms with Crippen molar-refractivity contribution >= 4 is 23.4 Å². The number of benzene rings is 2. The van der Waals surface area contributed by atoms with E-state index in [0.29, 0.717) is 5.69 Å². The van der Waals surface area contributed by atoms with E-state index in [4.69, 9.17) is 0 Å². The van der Waals surface area contributed by atoms with Crippen molar-refractivity contribution in [3.8, 4) is 0 Å². The smallest absolute Gasteiger partial charge is 0.237 e. The van der Waals surface area contributed by atoms with Crippen molar-refractivity contribution in [1.82, 2.24) is 0 Å². The van der Waals surface area contributed by atoms with Crippen LogP contribution in [0.1, 0.15) is 12.5 Å². The molecule has 0 aliphatic rings. The SMILES string of the molecule is Cc1cc(F)ccc1NC(=O)[C@@H](C)Sc1ccccc1. The predicted molar refractivity (Wildman–Crippen MR) is 81.5 cm³/mol. The summed E-state index contributed by atoms with van der Waals surface area (Å²) in [6.07, 6.45) is 0. The van der Waals surface area contributed by atoms with Gasteiger partial charge in [0.25, 0.3) is 0 Å². The van der Waals surface area contributed by atoms with E-state index >= 15 is 0 Å². The van der Waals surface area contributed by atoms with Gasteiger partial charge in [-0.3, -0.25) is 4.79 Å². The monoisotopic (exact) mass is 289 g/mol. The van der Waals surface area contributed by atoms with Gasteiger partial charge >= 0.3 is 0 Å². The van der Waals surface area contributed by atoms with Crippen molar-refractivity contribution in [2.24, 2.45) is 0 Å². The Morgan fingerprint density at radius 3 is 2.55 bits per heavy atom. The standard InChI is InChI=1S/C16H16FNOS/c1-11-10-13(17)8-9-15(11)18-16(19)12(2)20-14-6-4-3-5-7-14/h3-10,12H,1-2H3,(H,18,19)/t12-/m1/s1. The Morgan fingerprint density at radius 1 is 1.20 bits per heavy atom. The Kier molecular flexibility index (Phi) is 4.79. The molecule has 0 aliphatic carbocycles. The van der Waals surface area contributed by atoms with E-state index < -0.39 is 0 Å². The van der Waals surface area contributed by atoms with Crippen LogP contribution in [0.2, 0.25) is 0 Å². The van der Waals surface area contributed by atoms with E-state index in [0.717, 1.165) is 10.5 Å². The fourth-order valence-electron chi connectivity index (χ4n) is 1.76. The molecule has 0 radical (unpaired) electrons. The first-order chi connectivity index (χ1) is 9.56. The quantitative estimate of drug-likeness (QED) is 0.852. The number of carbonyl (C=O) groups is 1. The largest absolute Gasteiger partial charge is 0.325 e. The van der Waals surface area contributed by atoms with Gasteiger partial charge in [0, 0.05) is 10.6 Å². The average molecular weight is 289 g/mol. The summed E-state index contributed by atoms with van der Waals surface area (Å²) >= 11 is 1.49. The average Bonchev–Trinajstić information content (AvgIpc) is 2.43. The molecule has 0 saturated heterocycles. The third kappa shape index (κ3) is 3.84. The third-order valence-electron chi connectivity index (χ3n) is 2.87. The van der Waals surface area contributed by atoms with Crippen LogP contribution >= 0.6 is 11.8 Å². The maximum atomic E-state index is 13.0. The summed E-state index contributed by atoms with van der Waals surface area (Å²) in [4.78, 5) is 13.2. The Balaban J connectivity index is 2.01. The molecular formula is C16H16FNOS. The van der Waals surface area contributed by atoms with Crippen molar-refractivity contribution in [3.63, 3.8) is 0 Å². The van der Waals surface area contributed by atoms with Gasteiger partial charge in [0.05, 0.1) is 5.25 Å². The van der Waals surface area contributed by atoms with Crippen LogP contribution in [-0.2, 0) is 4.79 Å². The van der Waals surface area contributed by atoms with Crippen molar-refractivity contribution in [2.45, 2.75) is 24.0 Å². The lowest BCUT2D eigenvalue weighted by atomic mass is 10.2. The van der Waals surface area contributed by atoms with Crippen LogP contribution < -0.4 is 5.32 Å². The molecule has 0 spiro atoms. The lowest BCUT2D eigenvalue weighted by Gasteiger charge is -2.13. The normalized spacial score (nSPS) is 11.9. The second-order valence-electron chi connectivity index (χ2n) is 4.52. The molecule has 0 unspecified atom stereocenters. The highest BCUT2D eigenvalue weighted by atomic mass is 32.2. The maximum absolute atomic E-state index is 13.0. The molecule has 0 aromatic heterocycles. The molecule has 0 saturated carbocycles. The molecule has 2 rings (SSSR count). The molecule has 2 aromatic carbocycles. The second-order valence-corrected chi connectivity index (χ2v) is 5.94. The van der Waals surface area contributed by atoms with Gasteiger partial charge in [-0.2, -0.15) is 0 Å². The topological polar surface area (TPSA) is 29.1 Å². The zero-order valence-corrected chi connectivity index (χ0v) is 12.2. The fourth-order valence-corrected chi connectivity index (χ4v) is 2.65. The van der Waals surface area contributed by atoms with Crippen LogP contribution in [0.25, 0.3) is 0 Å². The first-order valence-corrected chi connectivity index (χ1v) is 7.23.